The highest BCUT2D eigenvalue weighted by Crippen LogP contribution is 2.34. The monoisotopic (exact) mass is 328 g/mol. The number of aryl methyl sites for hydroxylation is 1. The fourth-order valence-electron chi connectivity index (χ4n) is 4.00. The van der Waals surface area contributed by atoms with Gasteiger partial charge in [-0.25, -0.2) is 0 Å². The predicted octanol–water partition coefficient (Wildman–Crippen LogP) is 3.35. The zero-order valence-electron chi connectivity index (χ0n) is 13.9. The molecule has 2 aromatic heterocycles. The molecule has 1 N–H and O–H groups in total. The maximum Gasteiger partial charge on any atom is 0.223 e. The lowest BCUT2D eigenvalue weighted by molar-refractivity contribution is -0.132. The Bertz CT molecular complexity index is 673. The summed E-state index contributed by atoms with van der Waals surface area (Å²) in [6.07, 6.45) is 9.75. The molecule has 6 heteroatoms. The second-order valence-corrected chi connectivity index (χ2v) is 6.89. The molecule has 0 radical (unpaired) electrons. The Hall–Kier alpha value is -2.11. The summed E-state index contributed by atoms with van der Waals surface area (Å²) in [6, 6.07) is 4.23. The molecule has 4 rings (SSSR count). The summed E-state index contributed by atoms with van der Waals surface area (Å²) in [4.78, 5) is 17.8. The van der Waals surface area contributed by atoms with Gasteiger partial charge in [0.25, 0.3) is 0 Å². The molecule has 2 fully saturated rings. The predicted molar refractivity (Wildman–Crippen MR) is 88.3 cm³/mol. The Morgan fingerprint density at radius 2 is 2.12 bits per heavy atom. The molecule has 2 aromatic rings. The number of carbonyl (C=O) groups is 1. The number of nitrogens with zero attached hydrogens (tertiary/aromatic N) is 3. The van der Waals surface area contributed by atoms with Crippen LogP contribution < -0.4 is 0 Å². The fraction of sp³-hybridized carbons (Fsp3) is 0.611. The second kappa shape index (κ2) is 6.79. The normalized spacial score (nSPS) is 21.7. The van der Waals surface area contributed by atoms with Gasteiger partial charge in [-0.15, -0.1) is 10.2 Å². The molecule has 0 aromatic carbocycles. The first-order chi connectivity index (χ1) is 11.8. The molecule has 24 heavy (non-hydrogen) atoms. The summed E-state index contributed by atoms with van der Waals surface area (Å²) in [6.45, 7) is 0.833. The largest absolute Gasteiger partial charge is 0.425 e. The van der Waals surface area contributed by atoms with Crippen LogP contribution in [0.15, 0.2) is 22.7 Å². The zero-order chi connectivity index (χ0) is 16.4. The van der Waals surface area contributed by atoms with E-state index in [0.29, 0.717) is 24.7 Å². The summed E-state index contributed by atoms with van der Waals surface area (Å²) in [5, 5.41) is 8.32. The molecule has 2 aliphatic rings. The maximum atomic E-state index is 12.6. The first-order valence-electron chi connectivity index (χ1n) is 9.06. The van der Waals surface area contributed by atoms with Crippen molar-refractivity contribution in [2.24, 2.45) is 0 Å². The average molecular weight is 328 g/mol. The number of amides is 1. The molecule has 1 aliphatic carbocycles. The van der Waals surface area contributed by atoms with Gasteiger partial charge < -0.3 is 14.3 Å². The average Bonchev–Trinajstić information content (AvgIpc) is 3.40. The van der Waals surface area contributed by atoms with Crippen LogP contribution in [-0.2, 0) is 11.2 Å². The fourth-order valence-corrected chi connectivity index (χ4v) is 4.00. The maximum absolute atomic E-state index is 12.6. The van der Waals surface area contributed by atoms with Gasteiger partial charge in [-0.3, -0.25) is 4.79 Å². The minimum atomic E-state index is 0.174. The first kappa shape index (κ1) is 15.4. The SMILES string of the molecule is O=C(CCc1nnc(C2CCCC2)o1)N1CCCC1c1ccc[nH]1. The minimum absolute atomic E-state index is 0.174. The molecule has 1 atom stereocenters. The highest BCUT2D eigenvalue weighted by molar-refractivity contribution is 5.77. The Kier molecular flexibility index (Phi) is 4.36. The van der Waals surface area contributed by atoms with Gasteiger partial charge in [0, 0.05) is 37.2 Å². The van der Waals surface area contributed by atoms with Crippen molar-refractivity contribution in [1.82, 2.24) is 20.1 Å². The Morgan fingerprint density at radius 1 is 1.25 bits per heavy atom. The van der Waals surface area contributed by atoms with Crippen molar-refractivity contribution in [3.05, 3.63) is 35.8 Å². The van der Waals surface area contributed by atoms with E-state index in [1.165, 1.54) is 12.8 Å². The van der Waals surface area contributed by atoms with Crippen molar-refractivity contribution in [2.45, 2.75) is 63.3 Å². The third-order valence-electron chi connectivity index (χ3n) is 5.29. The van der Waals surface area contributed by atoms with Crippen LogP contribution in [0.25, 0.3) is 0 Å². The molecule has 1 saturated heterocycles. The van der Waals surface area contributed by atoms with E-state index in [4.69, 9.17) is 4.42 Å². The number of carbonyl (C=O) groups excluding carboxylic acids is 1. The van der Waals surface area contributed by atoms with E-state index in [1.807, 2.05) is 17.2 Å². The van der Waals surface area contributed by atoms with Crippen LogP contribution in [0.2, 0.25) is 0 Å². The van der Waals surface area contributed by atoms with Crippen molar-refractivity contribution in [1.29, 1.82) is 0 Å². The number of aromatic nitrogens is 3. The molecule has 1 aliphatic heterocycles. The van der Waals surface area contributed by atoms with Crippen molar-refractivity contribution in [2.75, 3.05) is 6.54 Å². The van der Waals surface area contributed by atoms with Gasteiger partial charge in [0.2, 0.25) is 17.7 Å². The molecule has 6 nitrogen and oxygen atoms in total. The van der Waals surface area contributed by atoms with E-state index in [0.717, 1.165) is 43.8 Å². The topological polar surface area (TPSA) is 75.0 Å². The van der Waals surface area contributed by atoms with Crippen molar-refractivity contribution < 1.29 is 9.21 Å². The Balaban J connectivity index is 1.34. The lowest BCUT2D eigenvalue weighted by Gasteiger charge is -2.23. The van der Waals surface area contributed by atoms with Gasteiger partial charge in [0.1, 0.15) is 0 Å². The molecule has 1 saturated carbocycles. The summed E-state index contributed by atoms with van der Waals surface area (Å²) >= 11 is 0. The van der Waals surface area contributed by atoms with Crippen LogP contribution in [0.4, 0.5) is 0 Å². The number of likely N-dealkylation sites (tertiary alicyclic amines) is 1. The van der Waals surface area contributed by atoms with Crippen LogP contribution in [0.1, 0.15) is 74.4 Å². The molecule has 128 valence electrons. The number of nitrogens with one attached hydrogen (secondary N) is 1. The van der Waals surface area contributed by atoms with E-state index in [9.17, 15) is 4.79 Å². The third kappa shape index (κ3) is 3.09. The number of hydrogen-bond acceptors (Lipinski definition) is 4. The molecular weight excluding hydrogens is 304 g/mol. The summed E-state index contributed by atoms with van der Waals surface area (Å²) in [5.74, 6) is 1.96. The van der Waals surface area contributed by atoms with Crippen LogP contribution in [-0.4, -0.2) is 32.5 Å². The third-order valence-corrected chi connectivity index (χ3v) is 5.29. The van der Waals surface area contributed by atoms with Gasteiger partial charge in [-0.1, -0.05) is 12.8 Å². The molecule has 0 spiro atoms. The first-order valence-corrected chi connectivity index (χ1v) is 9.06. The van der Waals surface area contributed by atoms with Crippen LogP contribution in [0.3, 0.4) is 0 Å². The van der Waals surface area contributed by atoms with E-state index < -0.39 is 0 Å². The summed E-state index contributed by atoms with van der Waals surface area (Å²) < 4.78 is 5.78. The van der Waals surface area contributed by atoms with E-state index in [2.05, 4.69) is 21.2 Å². The zero-order valence-corrected chi connectivity index (χ0v) is 13.9. The van der Waals surface area contributed by atoms with E-state index in [1.54, 1.807) is 0 Å². The van der Waals surface area contributed by atoms with Gasteiger partial charge in [-0.2, -0.15) is 0 Å². The van der Waals surface area contributed by atoms with Crippen LogP contribution in [0.5, 0.6) is 0 Å². The van der Waals surface area contributed by atoms with Gasteiger partial charge in [0.05, 0.1) is 6.04 Å². The van der Waals surface area contributed by atoms with Crippen molar-refractivity contribution >= 4 is 5.91 Å². The number of H-pyrrole nitrogens is 1. The number of aromatic amines is 1. The molecule has 0 bridgehead atoms. The van der Waals surface area contributed by atoms with E-state index in [-0.39, 0.29) is 11.9 Å². The Morgan fingerprint density at radius 3 is 2.92 bits per heavy atom. The highest BCUT2D eigenvalue weighted by atomic mass is 16.4. The van der Waals surface area contributed by atoms with Gasteiger partial charge in [0.15, 0.2) is 0 Å². The van der Waals surface area contributed by atoms with Crippen LogP contribution >= 0.6 is 0 Å². The molecular formula is C18H24N4O2. The number of rotatable bonds is 5. The van der Waals surface area contributed by atoms with E-state index >= 15 is 0 Å². The second-order valence-electron chi connectivity index (χ2n) is 6.89. The standard InChI is InChI=1S/C18H24N4O2/c23-17(22-12-4-8-15(22)14-7-3-11-19-14)10-9-16-20-21-18(24-16)13-5-1-2-6-13/h3,7,11,13,15,19H,1-2,4-6,8-10,12H2. The highest BCUT2D eigenvalue weighted by Gasteiger charge is 2.30. The Labute approximate surface area is 141 Å². The molecule has 1 unspecified atom stereocenters. The van der Waals surface area contributed by atoms with Crippen molar-refractivity contribution in [3.63, 3.8) is 0 Å². The minimum Gasteiger partial charge on any atom is -0.425 e. The van der Waals surface area contributed by atoms with Crippen molar-refractivity contribution in [3.8, 4) is 0 Å². The molecule has 3 heterocycles. The lowest BCUT2D eigenvalue weighted by atomic mass is 10.1. The van der Waals surface area contributed by atoms with Gasteiger partial charge >= 0.3 is 0 Å². The summed E-state index contributed by atoms with van der Waals surface area (Å²) in [5.41, 5.74) is 1.13. The molecule has 1 amide bonds. The number of hydrogen-bond donors (Lipinski definition) is 1. The van der Waals surface area contributed by atoms with Crippen LogP contribution in [0, 0.1) is 0 Å². The summed E-state index contributed by atoms with van der Waals surface area (Å²) in [7, 11) is 0. The lowest BCUT2D eigenvalue weighted by Crippen LogP contribution is -2.30. The van der Waals surface area contributed by atoms with Gasteiger partial charge in [-0.05, 0) is 37.8 Å². The smallest absolute Gasteiger partial charge is 0.223 e. The quantitative estimate of drug-likeness (QED) is 0.913.